The van der Waals surface area contributed by atoms with Gasteiger partial charge in [-0.25, -0.2) is 8.78 Å². The van der Waals surface area contributed by atoms with Crippen molar-refractivity contribution < 1.29 is 8.78 Å². The van der Waals surface area contributed by atoms with Gasteiger partial charge in [0, 0.05) is 22.9 Å². The van der Waals surface area contributed by atoms with Gasteiger partial charge in [-0.3, -0.25) is 5.32 Å². The quantitative estimate of drug-likeness (QED) is 0.794. The number of nitrogens with one attached hydrogen (secondary N) is 1. The molecule has 0 bridgehead atoms. The normalized spacial score (nSPS) is 24.4. The number of hydrogen-bond acceptors (Lipinski definition) is 2. The second-order valence-corrected chi connectivity index (χ2v) is 5.48. The van der Waals surface area contributed by atoms with E-state index in [1.165, 1.54) is 12.1 Å². The van der Waals surface area contributed by atoms with Crippen LogP contribution in [0.25, 0.3) is 0 Å². The highest BCUT2D eigenvalue weighted by Gasteiger charge is 2.32. The van der Waals surface area contributed by atoms with E-state index in [4.69, 9.17) is 0 Å². The highest BCUT2D eigenvalue weighted by Crippen LogP contribution is 2.38. The zero-order chi connectivity index (χ0) is 11.1. The van der Waals surface area contributed by atoms with Gasteiger partial charge in [0.2, 0.25) is 0 Å². The van der Waals surface area contributed by atoms with Crippen LogP contribution in [0.1, 0.15) is 24.8 Å². The lowest BCUT2D eigenvalue weighted by Gasteiger charge is -2.19. The minimum absolute atomic E-state index is 0.0101. The summed E-state index contributed by atoms with van der Waals surface area (Å²) in [6.45, 7) is 4.14. The molecule has 1 heterocycles. The zero-order valence-corrected chi connectivity index (χ0v) is 9.50. The van der Waals surface area contributed by atoms with Gasteiger partial charge in [-0.2, -0.15) is 0 Å². The van der Waals surface area contributed by atoms with Crippen molar-refractivity contribution in [3.8, 4) is 0 Å². The lowest BCUT2D eigenvalue weighted by molar-refractivity contribution is 0.444. The Kier molecular flexibility index (Phi) is 2.73. The average Bonchev–Trinajstić information content (AvgIpc) is 2.46. The van der Waals surface area contributed by atoms with Crippen LogP contribution in [-0.2, 0) is 0 Å². The van der Waals surface area contributed by atoms with Crippen LogP contribution in [0.5, 0.6) is 0 Å². The third-order valence-electron chi connectivity index (χ3n) is 2.38. The molecule has 0 spiro atoms. The fourth-order valence-electron chi connectivity index (χ4n) is 1.61. The second-order valence-electron chi connectivity index (χ2n) is 4.39. The molecule has 1 unspecified atom stereocenters. The van der Waals surface area contributed by atoms with E-state index in [1.807, 2.05) is 0 Å². The van der Waals surface area contributed by atoms with E-state index in [-0.39, 0.29) is 10.9 Å². The highest BCUT2D eigenvalue weighted by atomic mass is 32.2. The van der Waals surface area contributed by atoms with E-state index in [1.54, 1.807) is 11.8 Å². The van der Waals surface area contributed by atoms with Crippen molar-refractivity contribution in [2.45, 2.75) is 24.8 Å². The summed E-state index contributed by atoms with van der Waals surface area (Å²) < 4.78 is 26.2. The summed E-state index contributed by atoms with van der Waals surface area (Å²) in [6.07, 6.45) is 0. The van der Waals surface area contributed by atoms with Crippen LogP contribution in [0.15, 0.2) is 18.2 Å². The van der Waals surface area contributed by atoms with Crippen molar-refractivity contribution in [3.05, 3.63) is 35.4 Å². The van der Waals surface area contributed by atoms with Gasteiger partial charge in [-0.15, -0.1) is 11.8 Å². The fourth-order valence-corrected chi connectivity index (χ4v) is 3.05. The van der Waals surface area contributed by atoms with Crippen LogP contribution in [0, 0.1) is 11.6 Å². The van der Waals surface area contributed by atoms with Crippen LogP contribution >= 0.6 is 11.8 Å². The molecule has 15 heavy (non-hydrogen) atoms. The third-order valence-corrected chi connectivity index (χ3v) is 3.97. The van der Waals surface area contributed by atoms with Crippen molar-refractivity contribution in [2.75, 3.05) is 5.75 Å². The van der Waals surface area contributed by atoms with Gasteiger partial charge in [-0.05, 0) is 19.9 Å². The number of rotatable bonds is 1. The summed E-state index contributed by atoms with van der Waals surface area (Å²) in [4.78, 5) is 0. The molecule has 0 amide bonds. The van der Waals surface area contributed by atoms with Crippen molar-refractivity contribution >= 4 is 11.8 Å². The Morgan fingerprint density at radius 3 is 2.67 bits per heavy atom. The molecule has 82 valence electrons. The Morgan fingerprint density at radius 1 is 1.40 bits per heavy atom. The number of thioether (sulfide) groups is 1. The van der Waals surface area contributed by atoms with Gasteiger partial charge in [0.25, 0.3) is 0 Å². The smallest absolute Gasteiger partial charge is 0.131 e. The standard InChI is InChI=1S/C11H13F2NS/c1-11(2)6-15-10(14-11)8-4-3-7(12)5-9(8)13/h3-5,10,14H,6H2,1-2H3. The third kappa shape index (κ3) is 2.32. The van der Waals surface area contributed by atoms with Crippen LogP contribution in [0.4, 0.5) is 8.78 Å². The van der Waals surface area contributed by atoms with Gasteiger partial charge in [0.15, 0.2) is 0 Å². The Labute approximate surface area is 92.3 Å². The number of hydrogen-bond donors (Lipinski definition) is 1. The summed E-state index contributed by atoms with van der Waals surface area (Å²) >= 11 is 1.65. The summed E-state index contributed by atoms with van der Waals surface area (Å²) in [7, 11) is 0. The summed E-state index contributed by atoms with van der Waals surface area (Å²) in [5, 5.41) is 3.24. The molecule has 0 aromatic heterocycles. The first kappa shape index (κ1) is 10.9. The van der Waals surface area contributed by atoms with E-state index >= 15 is 0 Å². The second kappa shape index (κ2) is 3.76. The molecule has 2 rings (SSSR count). The topological polar surface area (TPSA) is 12.0 Å². The maximum absolute atomic E-state index is 13.5. The fraction of sp³-hybridized carbons (Fsp3) is 0.455. The first-order valence-electron chi connectivity index (χ1n) is 4.82. The van der Waals surface area contributed by atoms with Crippen LogP contribution in [0.2, 0.25) is 0 Å². The van der Waals surface area contributed by atoms with Crippen LogP contribution in [0.3, 0.4) is 0 Å². The van der Waals surface area contributed by atoms with Gasteiger partial charge in [-0.1, -0.05) is 6.07 Å². The molecule has 1 aliphatic rings. The molecule has 1 fully saturated rings. The molecule has 1 aromatic rings. The van der Waals surface area contributed by atoms with E-state index in [2.05, 4.69) is 19.2 Å². The molecule has 0 aliphatic carbocycles. The van der Waals surface area contributed by atoms with Gasteiger partial charge >= 0.3 is 0 Å². The molecule has 1 aromatic carbocycles. The maximum Gasteiger partial charge on any atom is 0.131 e. The summed E-state index contributed by atoms with van der Waals surface area (Å²) in [5.74, 6) is -0.0784. The molecule has 0 radical (unpaired) electrons. The van der Waals surface area contributed by atoms with Crippen LogP contribution in [-0.4, -0.2) is 11.3 Å². The Bertz CT molecular complexity index is 379. The predicted octanol–water partition coefficient (Wildman–Crippen LogP) is 3.08. The summed E-state index contributed by atoms with van der Waals surface area (Å²) in [6, 6.07) is 3.74. The number of benzene rings is 1. The molecule has 1 saturated heterocycles. The first-order chi connectivity index (χ1) is 6.98. The van der Waals surface area contributed by atoms with Gasteiger partial charge in [0.05, 0.1) is 5.37 Å². The van der Waals surface area contributed by atoms with E-state index in [0.717, 1.165) is 11.8 Å². The number of halogens is 2. The first-order valence-corrected chi connectivity index (χ1v) is 5.87. The van der Waals surface area contributed by atoms with Crippen LogP contribution < -0.4 is 5.32 Å². The maximum atomic E-state index is 13.5. The van der Waals surface area contributed by atoms with Crippen molar-refractivity contribution in [1.29, 1.82) is 0 Å². The van der Waals surface area contributed by atoms with E-state index in [9.17, 15) is 8.78 Å². The van der Waals surface area contributed by atoms with Crippen molar-refractivity contribution in [3.63, 3.8) is 0 Å². The van der Waals surface area contributed by atoms with Crippen molar-refractivity contribution in [2.24, 2.45) is 0 Å². The lowest BCUT2D eigenvalue weighted by atomic mass is 10.1. The molecular weight excluding hydrogens is 216 g/mol. The van der Waals surface area contributed by atoms with E-state index < -0.39 is 11.6 Å². The van der Waals surface area contributed by atoms with Gasteiger partial charge < -0.3 is 0 Å². The Morgan fingerprint density at radius 2 is 2.13 bits per heavy atom. The Balaban J connectivity index is 2.24. The SMILES string of the molecule is CC1(C)CSC(c2ccc(F)cc2F)N1. The minimum Gasteiger partial charge on any atom is -0.296 e. The molecule has 1 N–H and O–H groups in total. The molecule has 4 heteroatoms. The predicted molar refractivity (Wildman–Crippen MR) is 58.8 cm³/mol. The largest absolute Gasteiger partial charge is 0.296 e. The average molecular weight is 229 g/mol. The zero-order valence-electron chi connectivity index (χ0n) is 8.68. The lowest BCUT2D eigenvalue weighted by Crippen LogP contribution is -2.36. The molecule has 1 nitrogen and oxygen atoms in total. The summed E-state index contributed by atoms with van der Waals surface area (Å²) in [5.41, 5.74) is 0.544. The highest BCUT2D eigenvalue weighted by molar-refractivity contribution is 7.99. The van der Waals surface area contributed by atoms with E-state index in [0.29, 0.717) is 5.56 Å². The van der Waals surface area contributed by atoms with Crippen molar-refractivity contribution in [1.82, 2.24) is 5.32 Å². The molecule has 1 aliphatic heterocycles. The molecule has 1 atom stereocenters. The Hall–Kier alpha value is -0.610. The molecular formula is C11H13F2NS. The van der Waals surface area contributed by atoms with Gasteiger partial charge in [0.1, 0.15) is 11.6 Å². The monoisotopic (exact) mass is 229 g/mol. The minimum atomic E-state index is -0.529. The molecule has 0 saturated carbocycles.